The van der Waals surface area contributed by atoms with Crippen molar-refractivity contribution in [2.45, 2.75) is 25.7 Å². The van der Waals surface area contributed by atoms with Crippen molar-refractivity contribution in [3.63, 3.8) is 0 Å². The molecule has 2 N–H and O–H groups in total. The minimum Gasteiger partial charge on any atom is -0.476 e. The summed E-state index contributed by atoms with van der Waals surface area (Å²) in [6.07, 6.45) is 2.48. The van der Waals surface area contributed by atoms with Gasteiger partial charge < -0.3 is 10.5 Å². The number of ether oxygens (including phenoxy) is 1. The Labute approximate surface area is 94.0 Å². The highest BCUT2D eigenvalue weighted by atomic mass is 16.5. The van der Waals surface area contributed by atoms with Gasteiger partial charge in [-0.2, -0.15) is 5.10 Å². The van der Waals surface area contributed by atoms with E-state index in [0.717, 1.165) is 0 Å². The maximum Gasteiger partial charge on any atom is 0.233 e. The average molecular weight is 221 g/mol. The van der Waals surface area contributed by atoms with E-state index in [1.807, 2.05) is 0 Å². The second-order valence-corrected chi connectivity index (χ2v) is 4.17. The number of nitrogens with zero attached hydrogens (tertiary/aromatic N) is 2. The minimum atomic E-state index is -0.412. The first kappa shape index (κ1) is 10.9. The molecule has 5 nitrogen and oxygen atoms in total. The second kappa shape index (κ2) is 4.47. The van der Waals surface area contributed by atoms with Gasteiger partial charge in [0.25, 0.3) is 0 Å². The number of hydrogen-bond acceptors (Lipinski definition) is 4. The normalized spacial score (nSPS) is 16.8. The summed E-state index contributed by atoms with van der Waals surface area (Å²) in [5.41, 5.74) is 5.75. The van der Waals surface area contributed by atoms with Crippen LogP contribution >= 0.6 is 0 Å². The third kappa shape index (κ3) is 2.68. The van der Waals surface area contributed by atoms with Crippen LogP contribution in [0.4, 0.5) is 0 Å². The Morgan fingerprint density at radius 1 is 1.56 bits per heavy atom. The molecule has 2 rings (SSSR count). The number of carbonyl (C=O) groups is 1. The van der Waals surface area contributed by atoms with Gasteiger partial charge in [0.1, 0.15) is 0 Å². The summed E-state index contributed by atoms with van der Waals surface area (Å²) in [6, 6.07) is 3.45. The molecule has 1 fully saturated rings. The largest absolute Gasteiger partial charge is 0.476 e. The van der Waals surface area contributed by atoms with Gasteiger partial charge in [-0.25, -0.2) is 0 Å². The molecule has 1 amide bonds. The highest BCUT2D eigenvalue weighted by Gasteiger charge is 2.22. The summed E-state index contributed by atoms with van der Waals surface area (Å²) in [7, 11) is 0. The predicted octanol–water partition coefficient (Wildman–Crippen LogP) is 0.854. The van der Waals surface area contributed by atoms with E-state index in [4.69, 9.17) is 10.5 Å². The lowest BCUT2D eigenvalue weighted by Crippen LogP contribution is -2.20. The molecule has 1 aromatic rings. The monoisotopic (exact) mass is 221 g/mol. The van der Waals surface area contributed by atoms with Crippen LogP contribution in [0.1, 0.15) is 31.4 Å². The van der Waals surface area contributed by atoms with Crippen molar-refractivity contribution < 1.29 is 9.53 Å². The summed E-state index contributed by atoms with van der Waals surface area (Å²) in [6.45, 7) is 2.41. The molecule has 86 valence electrons. The number of carbonyl (C=O) groups excluding carboxylic acids is 1. The molecule has 0 saturated heterocycles. The molecule has 1 saturated carbocycles. The van der Waals surface area contributed by atoms with Gasteiger partial charge in [0.05, 0.1) is 18.2 Å². The summed E-state index contributed by atoms with van der Waals surface area (Å²) in [4.78, 5) is 10.9. The number of nitrogens with two attached hydrogens (primary N) is 1. The molecule has 0 aromatic carbocycles. The van der Waals surface area contributed by atoms with E-state index in [1.165, 1.54) is 12.8 Å². The Hall–Kier alpha value is -1.65. The molecule has 0 bridgehead atoms. The Bertz CT molecular complexity index is 373. The SMILES string of the molecule is CC(C(N)=O)c1ccc(OCC2CC2)nn1. The highest BCUT2D eigenvalue weighted by Crippen LogP contribution is 2.29. The van der Waals surface area contributed by atoms with Gasteiger partial charge in [-0.3, -0.25) is 4.79 Å². The summed E-state index contributed by atoms with van der Waals surface area (Å²) < 4.78 is 5.44. The topological polar surface area (TPSA) is 78.1 Å². The lowest BCUT2D eigenvalue weighted by molar-refractivity contribution is -0.119. The smallest absolute Gasteiger partial charge is 0.233 e. The van der Waals surface area contributed by atoms with Crippen molar-refractivity contribution in [3.8, 4) is 5.88 Å². The van der Waals surface area contributed by atoms with Crippen molar-refractivity contribution in [1.82, 2.24) is 10.2 Å². The van der Waals surface area contributed by atoms with Crippen LogP contribution in [-0.4, -0.2) is 22.7 Å². The van der Waals surface area contributed by atoms with Crippen LogP contribution in [0.25, 0.3) is 0 Å². The van der Waals surface area contributed by atoms with Crippen LogP contribution < -0.4 is 10.5 Å². The van der Waals surface area contributed by atoms with Gasteiger partial charge in [0.15, 0.2) is 0 Å². The fourth-order valence-corrected chi connectivity index (χ4v) is 1.27. The highest BCUT2D eigenvalue weighted by molar-refractivity contribution is 5.80. The first-order valence-electron chi connectivity index (χ1n) is 5.42. The molecular weight excluding hydrogens is 206 g/mol. The Morgan fingerprint density at radius 2 is 2.31 bits per heavy atom. The van der Waals surface area contributed by atoms with Crippen LogP contribution in [0.3, 0.4) is 0 Å². The quantitative estimate of drug-likeness (QED) is 0.799. The van der Waals surface area contributed by atoms with Crippen LogP contribution in [0.5, 0.6) is 5.88 Å². The number of amides is 1. The van der Waals surface area contributed by atoms with E-state index in [1.54, 1.807) is 19.1 Å². The van der Waals surface area contributed by atoms with Crippen molar-refractivity contribution in [2.24, 2.45) is 11.7 Å². The van der Waals surface area contributed by atoms with Gasteiger partial charge in [-0.05, 0) is 31.7 Å². The van der Waals surface area contributed by atoms with E-state index in [0.29, 0.717) is 24.1 Å². The van der Waals surface area contributed by atoms with Gasteiger partial charge in [-0.15, -0.1) is 5.10 Å². The van der Waals surface area contributed by atoms with Crippen molar-refractivity contribution in [1.29, 1.82) is 0 Å². The summed E-state index contributed by atoms with van der Waals surface area (Å²) in [5, 5.41) is 7.82. The van der Waals surface area contributed by atoms with E-state index >= 15 is 0 Å². The first-order chi connectivity index (χ1) is 7.66. The molecule has 1 atom stereocenters. The molecule has 0 aliphatic heterocycles. The summed E-state index contributed by atoms with van der Waals surface area (Å²) >= 11 is 0. The van der Waals surface area contributed by atoms with Crippen LogP contribution in [0, 0.1) is 5.92 Å². The molecule has 1 aromatic heterocycles. The third-order valence-electron chi connectivity index (χ3n) is 2.69. The Kier molecular flexibility index (Phi) is 3.03. The van der Waals surface area contributed by atoms with E-state index < -0.39 is 11.8 Å². The number of aromatic nitrogens is 2. The van der Waals surface area contributed by atoms with Crippen molar-refractivity contribution >= 4 is 5.91 Å². The van der Waals surface area contributed by atoms with Crippen LogP contribution in [-0.2, 0) is 4.79 Å². The zero-order valence-electron chi connectivity index (χ0n) is 9.22. The maximum atomic E-state index is 10.9. The lowest BCUT2D eigenvalue weighted by Gasteiger charge is -2.07. The fraction of sp³-hybridized carbons (Fsp3) is 0.545. The van der Waals surface area contributed by atoms with Gasteiger partial charge >= 0.3 is 0 Å². The molecular formula is C11H15N3O2. The minimum absolute atomic E-state index is 0.402. The fourth-order valence-electron chi connectivity index (χ4n) is 1.27. The average Bonchev–Trinajstić information content (AvgIpc) is 3.10. The van der Waals surface area contributed by atoms with Gasteiger partial charge in [0, 0.05) is 6.07 Å². The number of hydrogen-bond donors (Lipinski definition) is 1. The van der Waals surface area contributed by atoms with E-state index in [-0.39, 0.29) is 0 Å². The Balaban J connectivity index is 1.94. The number of primary amides is 1. The predicted molar refractivity (Wildman–Crippen MR) is 57.9 cm³/mol. The lowest BCUT2D eigenvalue weighted by atomic mass is 10.1. The summed E-state index contributed by atoms with van der Waals surface area (Å²) in [5.74, 6) is 0.379. The molecule has 1 aliphatic carbocycles. The van der Waals surface area contributed by atoms with Gasteiger partial charge in [-0.1, -0.05) is 0 Å². The van der Waals surface area contributed by atoms with E-state index in [2.05, 4.69) is 10.2 Å². The molecule has 1 aliphatic rings. The zero-order valence-corrected chi connectivity index (χ0v) is 9.22. The molecule has 5 heteroatoms. The van der Waals surface area contributed by atoms with Crippen molar-refractivity contribution in [2.75, 3.05) is 6.61 Å². The molecule has 0 radical (unpaired) electrons. The first-order valence-corrected chi connectivity index (χ1v) is 5.42. The second-order valence-electron chi connectivity index (χ2n) is 4.17. The number of rotatable bonds is 5. The van der Waals surface area contributed by atoms with Crippen LogP contribution in [0.15, 0.2) is 12.1 Å². The zero-order chi connectivity index (χ0) is 11.5. The molecule has 1 heterocycles. The molecule has 16 heavy (non-hydrogen) atoms. The van der Waals surface area contributed by atoms with Crippen molar-refractivity contribution in [3.05, 3.63) is 17.8 Å². The molecule has 1 unspecified atom stereocenters. The Morgan fingerprint density at radius 3 is 2.81 bits per heavy atom. The van der Waals surface area contributed by atoms with E-state index in [9.17, 15) is 4.79 Å². The van der Waals surface area contributed by atoms with Crippen LogP contribution in [0.2, 0.25) is 0 Å². The van der Waals surface area contributed by atoms with Gasteiger partial charge in [0.2, 0.25) is 11.8 Å². The standard InChI is InChI=1S/C11H15N3O2/c1-7(11(12)15)9-4-5-10(14-13-9)16-6-8-2-3-8/h4-5,7-8H,2-3,6H2,1H3,(H2,12,15). The molecule has 0 spiro atoms. The third-order valence-corrected chi connectivity index (χ3v) is 2.69. The maximum absolute atomic E-state index is 10.9.